The highest BCUT2D eigenvalue weighted by Gasteiger charge is 2.07. The van der Waals surface area contributed by atoms with Crippen molar-refractivity contribution >= 4 is 46.9 Å². The van der Waals surface area contributed by atoms with Crippen molar-refractivity contribution in [1.82, 2.24) is 5.32 Å². The number of amides is 1. The van der Waals surface area contributed by atoms with Gasteiger partial charge in [0.05, 0.1) is 5.02 Å². The second-order valence-corrected chi connectivity index (χ2v) is 6.15. The van der Waals surface area contributed by atoms with Crippen molar-refractivity contribution in [1.29, 1.82) is 0 Å². The topological polar surface area (TPSA) is 41.1 Å². The maximum atomic E-state index is 12.1. The summed E-state index contributed by atoms with van der Waals surface area (Å²) in [6.45, 7) is 3.72. The molecule has 22 heavy (non-hydrogen) atoms. The normalized spacial score (nSPS) is 10.1. The van der Waals surface area contributed by atoms with Crippen LogP contribution in [0, 0.1) is 0 Å². The summed E-state index contributed by atoms with van der Waals surface area (Å²) >= 11 is 7.47. The van der Waals surface area contributed by atoms with E-state index in [0.717, 1.165) is 40.7 Å². The number of hydrogen-bond donors (Lipinski definition) is 2. The molecule has 2 rings (SSSR count). The zero-order chi connectivity index (χ0) is 15.1. The summed E-state index contributed by atoms with van der Waals surface area (Å²) in [6, 6.07) is 9.79. The summed E-state index contributed by atoms with van der Waals surface area (Å²) in [5.41, 5.74) is 1.99. The van der Waals surface area contributed by atoms with Crippen molar-refractivity contribution in [3.05, 3.63) is 51.2 Å². The van der Waals surface area contributed by atoms with Crippen molar-refractivity contribution in [3.63, 3.8) is 0 Å². The molecule has 1 heterocycles. The summed E-state index contributed by atoms with van der Waals surface area (Å²) in [4.78, 5) is 13.2. The van der Waals surface area contributed by atoms with Crippen LogP contribution < -0.4 is 10.6 Å². The molecule has 1 aromatic heterocycles. The minimum Gasteiger partial charge on any atom is -0.326 e. The first kappa shape index (κ1) is 19.0. The Balaban J connectivity index is 0.00000242. The smallest absolute Gasteiger partial charge is 0.224 e. The fraction of sp³-hybridized carbons (Fsp3) is 0.312. The molecule has 0 aliphatic carbocycles. The van der Waals surface area contributed by atoms with E-state index in [1.54, 1.807) is 11.3 Å². The van der Waals surface area contributed by atoms with Crippen LogP contribution in [0.3, 0.4) is 0 Å². The number of carbonyl (C=O) groups is 1. The lowest BCUT2D eigenvalue weighted by molar-refractivity contribution is -0.116. The lowest BCUT2D eigenvalue weighted by atomic mass is 10.1. The minimum absolute atomic E-state index is 0. The predicted molar refractivity (Wildman–Crippen MR) is 97.4 cm³/mol. The van der Waals surface area contributed by atoms with Gasteiger partial charge in [0, 0.05) is 28.9 Å². The predicted octanol–water partition coefficient (Wildman–Crippen LogP) is 4.50. The molecule has 0 unspecified atom stereocenters. The number of benzene rings is 1. The molecule has 0 fully saturated rings. The maximum absolute atomic E-state index is 12.1. The summed E-state index contributed by atoms with van der Waals surface area (Å²) in [5.74, 6) is 0.0310. The van der Waals surface area contributed by atoms with Crippen LogP contribution in [0.15, 0.2) is 35.7 Å². The largest absolute Gasteiger partial charge is 0.326 e. The van der Waals surface area contributed by atoms with Gasteiger partial charge in [0.1, 0.15) is 0 Å². The first-order valence-electron chi connectivity index (χ1n) is 7.00. The molecule has 0 aliphatic heterocycles. The number of para-hydroxylation sites is 1. The van der Waals surface area contributed by atoms with Gasteiger partial charge >= 0.3 is 0 Å². The molecule has 0 saturated heterocycles. The molecule has 3 nitrogen and oxygen atoms in total. The average Bonchev–Trinajstić information content (AvgIpc) is 2.90. The van der Waals surface area contributed by atoms with Crippen LogP contribution >= 0.6 is 35.3 Å². The number of halogens is 2. The van der Waals surface area contributed by atoms with Gasteiger partial charge in [-0.15, -0.1) is 23.7 Å². The summed E-state index contributed by atoms with van der Waals surface area (Å²) in [5, 5.41) is 8.90. The molecule has 1 aromatic carbocycles. The second kappa shape index (κ2) is 9.85. The average molecular weight is 359 g/mol. The molecule has 2 aromatic rings. The molecular formula is C16H20Cl2N2OS. The van der Waals surface area contributed by atoms with E-state index in [9.17, 15) is 4.79 Å². The number of carbonyl (C=O) groups excluding carboxylic acids is 1. The van der Waals surface area contributed by atoms with E-state index in [-0.39, 0.29) is 18.3 Å². The van der Waals surface area contributed by atoms with Crippen LogP contribution in [0.5, 0.6) is 0 Å². The summed E-state index contributed by atoms with van der Waals surface area (Å²) < 4.78 is 0. The Hall–Kier alpha value is -1.07. The lowest BCUT2D eigenvalue weighted by Gasteiger charge is -2.11. The third-order valence-corrected chi connectivity index (χ3v) is 4.42. The van der Waals surface area contributed by atoms with Crippen molar-refractivity contribution in [3.8, 4) is 0 Å². The van der Waals surface area contributed by atoms with E-state index in [1.165, 1.54) is 0 Å². The fourth-order valence-electron chi connectivity index (χ4n) is 1.99. The van der Waals surface area contributed by atoms with E-state index in [4.69, 9.17) is 11.6 Å². The molecule has 2 N–H and O–H groups in total. The number of aryl methyl sites for hydroxylation is 1. The van der Waals surface area contributed by atoms with Gasteiger partial charge in [-0.2, -0.15) is 0 Å². The Labute approximate surface area is 146 Å². The first-order chi connectivity index (χ1) is 10.2. The molecule has 0 radical (unpaired) electrons. The van der Waals surface area contributed by atoms with Crippen LogP contribution in [0.2, 0.25) is 5.02 Å². The van der Waals surface area contributed by atoms with Crippen molar-refractivity contribution in [2.24, 2.45) is 0 Å². The van der Waals surface area contributed by atoms with Crippen LogP contribution in [-0.4, -0.2) is 12.5 Å². The van der Waals surface area contributed by atoms with E-state index < -0.39 is 0 Å². The number of nitrogens with one attached hydrogen (secondary N) is 2. The highest BCUT2D eigenvalue weighted by Crippen LogP contribution is 2.21. The third kappa shape index (κ3) is 5.97. The SMILES string of the molecule is CCNCc1ccccc1NC(=O)CCc1cc(Cl)cs1.Cl. The van der Waals surface area contributed by atoms with Crippen LogP contribution in [-0.2, 0) is 17.8 Å². The Kier molecular flexibility index (Phi) is 8.49. The van der Waals surface area contributed by atoms with Gasteiger partial charge in [0.25, 0.3) is 0 Å². The maximum Gasteiger partial charge on any atom is 0.224 e. The molecule has 0 spiro atoms. The van der Waals surface area contributed by atoms with Gasteiger partial charge in [0.2, 0.25) is 5.91 Å². The standard InChI is InChI=1S/C16H19ClN2OS.ClH/c1-2-18-10-12-5-3-4-6-15(12)19-16(20)8-7-14-9-13(17)11-21-14;/h3-6,9,11,18H,2,7-8,10H2,1H3,(H,19,20);1H. The van der Waals surface area contributed by atoms with Crippen molar-refractivity contribution < 1.29 is 4.79 Å². The molecule has 0 aliphatic rings. The Bertz CT molecular complexity index is 601. The molecule has 6 heteroatoms. The first-order valence-corrected chi connectivity index (χ1v) is 8.26. The van der Waals surface area contributed by atoms with E-state index in [1.807, 2.05) is 35.7 Å². The number of hydrogen-bond acceptors (Lipinski definition) is 3. The monoisotopic (exact) mass is 358 g/mol. The second-order valence-electron chi connectivity index (χ2n) is 4.72. The number of thiophene rings is 1. The third-order valence-electron chi connectivity index (χ3n) is 3.08. The van der Waals surface area contributed by atoms with Gasteiger partial charge in [-0.3, -0.25) is 4.79 Å². The zero-order valence-electron chi connectivity index (χ0n) is 12.4. The molecule has 1 amide bonds. The van der Waals surface area contributed by atoms with Crippen LogP contribution in [0.4, 0.5) is 5.69 Å². The zero-order valence-corrected chi connectivity index (χ0v) is 14.8. The van der Waals surface area contributed by atoms with Gasteiger partial charge in [-0.25, -0.2) is 0 Å². The molecule has 120 valence electrons. The Morgan fingerprint density at radius 1 is 1.32 bits per heavy atom. The van der Waals surface area contributed by atoms with Crippen molar-refractivity contribution in [2.75, 3.05) is 11.9 Å². The molecule has 0 bridgehead atoms. The van der Waals surface area contributed by atoms with Gasteiger partial charge in [-0.05, 0) is 30.7 Å². The van der Waals surface area contributed by atoms with Gasteiger partial charge in [-0.1, -0.05) is 36.7 Å². The summed E-state index contributed by atoms with van der Waals surface area (Å²) in [6.07, 6.45) is 1.19. The minimum atomic E-state index is 0. The van der Waals surface area contributed by atoms with E-state index >= 15 is 0 Å². The van der Waals surface area contributed by atoms with Gasteiger partial charge in [0.15, 0.2) is 0 Å². The van der Waals surface area contributed by atoms with Crippen molar-refractivity contribution in [2.45, 2.75) is 26.3 Å². The molecular weight excluding hydrogens is 339 g/mol. The molecule has 0 saturated carbocycles. The lowest BCUT2D eigenvalue weighted by Crippen LogP contribution is -2.17. The quantitative estimate of drug-likeness (QED) is 0.764. The highest BCUT2D eigenvalue weighted by atomic mass is 35.5. The number of rotatable bonds is 7. The van der Waals surface area contributed by atoms with E-state index in [0.29, 0.717) is 6.42 Å². The Morgan fingerprint density at radius 2 is 2.09 bits per heavy atom. The van der Waals surface area contributed by atoms with E-state index in [2.05, 4.69) is 17.6 Å². The van der Waals surface area contributed by atoms with Crippen LogP contribution in [0.1, 0.15) is 23.8 Å². The molecule has 0 atom stereocenters. The Morgan fingerprint density at radius 3 is 2.77 bits per heavy atom. The fourth-order valence-corrected chi connectivity index (χ4v) is 3.07. The van der Waals surface area contributed by atoms with Crippen LogP contribution in [0.25, 0.3) is 0 Å². The summed E-state index contributed by atoms with van der Waals surface area (Å²) in [7, 11) is 0. The number of anilines is 1. The van der Waals surface area contributed by atoms with Gasteiger partial charge < -0.3 is 10.6 Å². The highest BCUT2D eigenvalue weighted by molar-refractivity contribution is 7.10.